The first-order valence-corrected chi connectivity index (χ1v) is 6.55. The minimum Gasteiger partial charge on any atom is -0.316 e. The van der Waals surface area contributed by atoms with Crippen LogP contribution in [-0.4, -0.2) is 26.2 Å². The van der Waals surface area contributed by atoms with Crippen molar-refractivity contribution >= 4 is 0 Å². The second-order valence-electron chi connectivity index (χ2n) is 6.04. The van der Waals surface area contributed by atoms with E-state index < -0.39 is 0 Å². The molecule has 1 heterocycles. The van der Waals surface area contributed by atoms with Crippen molar-refractivity contribution in [3.8, 4) is 0 Å². The highest BCUT2D eigenvalue weighted by Gasteiger charge is 2.44. The zero-order valence-corrected chi connectivity index (χ0v) is 10.5. The van der Waals surface area contributed by atoms with Crippen LogP contribution in [0.1, 0.15) is 33.6 Å². The molecule has 2 aliphatic rings. The van der Waals surface area contributed by atoms with Gasteiger partial charge in [-0.3, -0.25) is 0 Å². The van der Waals surface area contributed by atoms with Gasteiger partial charge in [0.05, 0.1) is 0 Å². The second kappa shape index (κ2) is 4.42. The molecule has 1 aliphatic carbocycles. The molecule has 15 heavy (non-hydrogen) atoms. The van der Waals surface area contributed by atoms with Gasteiger partial charge in [-0.2, -0.15) is 0 Å². The molecule has 2 fully saturated rings. The van der Waals surface area contributed by atoms with Gasteiger partial charge in [0.1, 0.15) is 0 Å². The molecule has 0 spiro atoms. The Hall–Kier alpha value is -0.0800. The molecule has 0 aromatic carbocycles. The molecule has 0 aromatic rings. The average molecular weight is 210 g/mol. The van der Waals surface area contributed by atoms with E-state index in [4.69, 9.17) is 0 Å². The number of hydrogen-bond donors (Lipinski definition) is 2. The Balaban J connectivity index is 1.62. The van der Waals surface area contributed by atoms with Gasteiger partial charge in [0, 0.05) is 6.54 Å². The maximum absolute atomic E-state index is 3.69. The largest absolute Gasteiger partial charge is 0.316 e. The molecule has 0 radical (unpaired) electrons. The van der Waals surface area contributed by atoms with Gasteiger partial charge >= 0.3 is 0 Å². The molecule has 0 aromatic heterocycles. The van der Waals surface area contributed by atoms with Crippen molar-refractivity contribution in [2.24, 2.45) is 23.2 Å². The minimum atomic E-state index is 0.664. The Labute approximate surface area is 94.2 Å². The molecule has 2 nitrogen and oxygen atoms in total. The van der Waals surface area contributed by atoms with Crippen molar-refractivity contribution in [2.75, 3.05) is 26.2 Å². The second-order valence-corrected chi connectivity index (χ2v) is 6.04. The SMILES string of the molecule is CC(CNCC1(C(C)C)CC1)C1CNC1. The van der Waals surface area contributed by atoms with Crippen molar-refractivity contribution in [2.45, 2.75) is 33.6 Å². The molecule has 2 rings (SSSR count). The lowest BCUT2D eigenvalue weighted by Crippen LogP contribution is -2.48. The van der Waals surface area contributed by atoms with E-state index in [2.05, 4.69) is 31.4 Å². The summed E-state index contributed by atoms with van der Waals surface area (Å²) in [5.74, 6) is 2.62. The predicted octanol–water partition coefficient (Wildman–Crippen LogP) is 1.87. The summed E-state index contributed by atoms with van der Waals surface area (Å²) >= 11 is 0. The number of rotatable bonds is 6. The summed E-state index contributed by atoms with van der Waals surface area (Å²) in [7, 11) is 0. The molecule has 1 aliphatic heterocycles. The number of hydrogen-bond acceptors (Lipinski definition) is 2. The molecule has 2 N–H and O–H groups in total. The van der Waals surface area contributed by atoms with Crippen LogP contribution in [0.3, 0.4) is 0 Å². The first-order valence-electron chi connectivity index (χ1n) is 6.55. The lowest BCUT2D eigenvalue weighted by molar-refractivity contribution is 0.233. The van der Waals surface area contributed by atoms with E-state index in [1.54, 1.807) is 0 Å². The van der Waals surface area contributed by atoms with Crippen molar-refractivity contribution in [3.05, 3.63) is 0 Å². The van der Waals surface area contributed by atoms with E-state index in [-0.39, 0.29) is 0 Å². The number of nitrogens with one attached hydrogen (secondary N) is 2. The van der Waals surface area contributed by atoms with Gasteiger partial charge in [-0.1, -0.05) is 20.8 Å². The van der Waals surface area contributed by atoms with Gasteiger partial charge in [0.15, 0.2) is 0 Å². The first-order chi connectivity index (χ1) is 7.14. The van der Waals surface area contributed by atoms with E-state index in [1.807, 2.05) is 0 Å². The fourth-order valence-electron chi connectivity index (χ4n) is 2.55. The van der Waals surface area contributed by atoms with Gasteiger partial charge in [-0.05, 0) is 55.6 Å². The fourth-order valence-corrected chi connectivity index (χ4v) is 2.55. The summed E-state index contributed by atoms with van der Waals surface area (Å²) in [6.45, 7) is 12.0. The normalized spacial score (nSPS) is 26.4. The summed E-state index contributed by atoms with van der Waals surface area (Å²) in [5.41, 5.74) is 0.664. The zero-order valence-electron chi connectivity index (χ0n) is 10.5. The third kappa shape index (κ3) is 2.54. The molecule has 0 amide bonds. The van der Waals surface area contributed by atoms with Crippen LogP contribution in [-0.2, 0) is 0 Å². The highest BCUT2D eigenvalue weighted by molar-refractivity contribution is 4.97. The van der Waals surface area contributed by atoms with Crippen LogP contribution < -0.4 is 10.6 Å². The van der Waals surface area contributed by atoms with Crippen LogP contribution in [0, 0.1) is 23.2 Å². The summed E-state index contributed by atoms with van der Waals surface area (Å²) in [6.07, 6.45) is 2.88. The molecule has 1 saturated heterocycles. The van der Waals surface area contributed by atoms with Crippen molar-refractivity contribution in [1.82, 2.24) is 10.6 Å². The molecule has 2 heteroatoms. The maximum atomic E-state index is 3.69. The zero-order chi connectivity index (χ0) is 10.9. The Kier molecular flexibility index (Phi) is 3.36. The maximum Gasteiger partial charge on any atom is 0.00104 e. The molecule has 1 atom stereocenters. The third-order valence-electron chi connectivity index (χ3n) is 4.68. The van der Waals surface area contributed by atoms with Gasteiger partial charge < -0.3 is 10.6 Å². The van der Waals surface area contributed by atoms with Gasteiger partial charge in [0.2, 0.25) is 0 Å². The molecule has 1 unspecified atom stereocenters. The molecule has 88 valence electrons. The van der Waals surface area contributed by atoms with Crippen LogP contribution in [0.2, 0.25) is 0 Å². The highest BCUT2D eigenvalue weighted by atomic mass is 15.0. The van der Waals surface area contributed by atoms with Gasteiger partial charge in [-0.15, -0.1) is 0 Å². The molecular formula is C13H26N2. The van der Waals surface area contributed by atoms with E-state index in [1.165, 1.54) is 39.0 Å². The highest BCUT2D eigenvalue weighted by Crippen LogP contribution is 2.51. The summed E-state index contributed by atoms with van der Waals surface area (Å²) in [5, 5.41) is 7.04. The Bertz CT molecular complexity index is 205. The van der Waals surface area contributed by atoms with E-state index in [0.29, 0.717) is 5.41 Å². The topological polar surface area (TPSA) is 24.1 Å². The minimum absolute atomic E-state index is 0.664. The molecule has 0 bridgehead atoms. The van der Waals surface area contributed by atoms with Crippen LogP contribution in [0.5, 0.6) is 0 Å². The molecule has 1 saturated carbocycles. The quantitative estimate of drug-likeness (QED) is 0.699. The standard InChI is InChI=1S/C13H26N2/c1-10(2)13(4-5-13)9-15-6-11(3)12-7-14-8-12/h10-12,14-15H,4-9H2,1-3H3. The smallest absolute Gasteiger partial charge is 0.00104 e. The van der Waals surface area contributed by atoms with Crippen LogP contribution >= 0.6 is 0 Å². The average Bonchev–Trinajstić information content (AvgIpc) is 2.82. The predicted molar refractivity (Wildman–Crippen MR) is 64.9 cm³/mol. The Morgan fingerprint density at radius 3 is 2.33 bits per heavy atom. The fraction of sp³-hybridized carbons (Fsp3) is 1.00. The molecular weight excluding hydrogens is 184 g/mol. The Morgan fingerprint density at radius 2 is 1.93 bits per heavy atom. The van der Waals surface area contributed by atoms with Crippen LogP contribution in [0.4, 0.5) is 0 Å². The monoisotopic (exact) mass is 210 g/mol. The van der Waals surface area contributed by atoms with Crippen LogP contribution in [0.15, 0.2) is 0 Å². The van der Waals surface area contributed by atoms with Crippen molar-refractivity contribution < 1.29 is 0 Å². The van der Waals surface area contributed by atoms with Gasteiger partial charge in [0.25, 0.3) is 0 Å². The van der Waals surface area contributed by atoms with E-state index in [9.17, 15) is 0 Å². The van der Waals surface area contributed by atoms with Crippen LogP contribution in [0.25, 0.3) is 0 Å². The first kappa shape index (κ1) is 11.4. The summed E-state index contributed by atoms with van der Waals surface area (Å²) in [6, 6.07) is 0. The van der Waals surface area contributed by atoms with Crippen molar-refractivity contribution in [1.29, 1.82) is 0 Å². The van der Waals surface area contributed by atoms with E-state index in [0.717, 1.165) is 17.8 Å². The lowest BCUT2D eigenvalue weighted by Gasteiger charge is -2.33. The van der Waals surface area contributed by atoms with Gasteiger partial charge in [-0.25, -0.2) is 0 Å². The van der Waals surface area contributed by atoms with Crippen molar-refractivity contribution in [3.63, 3.8) is 0 Å². The third-order valence-corrected chi connectivity index (χ3v) is 4.68. The summed E-state index contributed by atoms with van der Waals surface area (Å²) in [4.78, 5) is 0. The van der Waals surface area contributed by atoms with E-state index >= 15 is 0 Å². The lowest BCUT2D eigenvalue weighted by atomic mass is 9.88. The Morgan fingerprint density at radius 1 is 1.27 bits per heavy atom. The summed E-state index contributed by atoms with van der Waals surface area (Å²) < 4.78 is 0.